The number of hydrogen-bond donors (Lipinski definition) is 1. The van der Waals surface area contributed by atoms with E-state index in [0.717, 1.165) is 42.5 Å². The van der Waals surface area contributed by atoms with Gasteiger partial charge in [0.05, 0.1) is 10.6 Å². The van der Waals surface area contributed by atoms with Crippen LogP contribution < -0.4 is 10.5 Å². The van der Waals surface area contributed by atoms with Crippen molar-refractivity contribution in [2.75, 3.05) is 31.1 Å². The predicted octanol–water partition coefficient (Wildman–Crippen LogP) is 3.27. The Morgan fingerprint density at radius 3 is 2.32 bits per heavy atom. The van der Waals surface area contributed by atoms with Crippen molar-refractivity contribution in [2.45, 2.75) is 37.5 Å². The number of fused-ring (bicyclic) bond motifs is 1. The molecule has 1 N–H and O–H groups in total. The van der Waals surface area contributed by atoms with Gasteiger partial charge in [-0.2, -0.15) is 9.40 Å². The van der Waals surface area contributed by atoms with E-state index in [0.29, 0.717) is 43.0 Å². The Kier molecular flexibility index (Phi) is 5.99. The maximum Gasteiger partial charge on any atom is 0.267 e. The molecule has 7 nitrogen and oxygen atoms in total. The van der Waals surface area contributed by atoms with Crippen LogP contribution in [0.15, 0.2) is 52.2 Å². The standard InChI is InChI=1S/C25H27FN4O3S/c1-17-6-7-18(24-21-4-2-3-5-22(21)25(31)28-27-24)16-23(17)34(32,33)30-14-12-29(13-15-30)20-10-8-19(26)9-11-20/h6-11,16H,2-5,12-15H2,1H3,(H,28,31). The third kappa shape index (κ3) is 4.14. The Morgan fingerprint density at radius 1 is 0.941 bits per heavy atom. The summed E-state index contributed by atoms with van der Waals surface area (Å²) in [6.07, 6.45) is 3.44. The third-order valence-corrected chi connectivity index (χ3v) is 8.85. The molecule has 0 radical (unpaired) electrons. The second kappa shape index (κ2) is 8.96. The molecule has 0 amide bonds. The quantitative estimate of drug-likeness (QED) is 0.617. The molecule has 178 valence electrons. The van der Waals surface area contributed by atoms with Crippen LogP contribution in [0.2, 0.25) is 0 Å². The Labute approximate surface area is 198 Å². The van der Waals surface area contributed by atoms with E-state index in [1.165, 1.54) is 16.4 Å². The molecule has 0 spiro atoms. The highest BCUT2D eigenvalue weighted by atomic mass is 32.2. The minimum Gasteiger partial charge on any atom is -0.369 e. The number of aromatic amines is 1. The number of halogens is 1. The minimum atomic E-state index is -3.72. The number of aromatic nitrogens is 2. The van der Waals surface area contributed by atoms with Crippen molar-refractivity contribution < 1.29 is 12.8 Å². The molecule has 1 aliphatic heterocycles. The van der Waals surface area contributed by atoms with Crippen LogP contribution in [0.3, 0.4) is 0 Å². The molecule has 5 rings (SSSR count). The zero-order valence-electron chi connectivity index (χ0n) is 19.1. The second-order valence-electron chi connectivity index (χ2n) is 8.91. The molecule has 2 aromatic carbocycles. The average Bonchev–Trinajstić information content (AvgIpc) is 2.85. The van der Waals surface area contributed by atoms with Gasteiger partial charge in [0.25, 0.3) is 5.56 Å². The largest absolute Gasteiger partial charge is 0.369 e. The molecule has 0 unspecified atom stereocenters. The fourth-order valence-corrected chi connectivity index (χ4v) is 6.57. The van der Waals surface area contributed by atoms with Crippen molar-refractivity contribution in [2.24, 2.45) is 0 Å². The highest BCUT2D eigenvalue weighted by molar-refractivity contribution is 7.89. The zero-order valence-corrected chi connectivity index (χ0v) is 19.9. The smallest absolute Gasteiger partial charge is 0.267 e. The average molecular weight is 483 g/mol. The number of sulfonamides is 1. The summed E-state index contributed by atoms with van der Waals surface area (Å²) in [5, 5.41) is 6.89. The molecule has 3 aromatic rings. The summed E-state index contributed by atoms with van der Waals surface area (Å²) < 4.78 is 42.0. The summed E-state index contributed by atoms with van der Waals surface area (Å²) >= 11 is 0. The van der Waals surface area contributed by atoms with Crippen LogP contribution in [0.4, 0.5) is 10.1 Å². The van der Waals surface area contributed by atoms with Crippen LogP contribution in [0.25, 0.3) is 11.3 Å². The van der Waals surface area contributed by atoms with Gasteiger partial charge in [0.1, 0.15) is 5.82 Å². The Balaban J connectivity index is 1.43. The first-order valence-electron chi connectivity index (χ1n) is 11.6. The van der Waals surface area contributed by atoms with Gasteiger partial charge in [-0.15, -0.1) is 0 Å². The zero-order chi connectivity index (χ0) is 23.9. The van der Waals surface area contributed by atoms with Gasteiger partial charge >= 0.3 is 0 Å². The minimum absolute atomic E-state index is 0.155. The number of hydrogen-bond acceptors (Lipinski definition) is 5. The normalized spacial score (nSPS) is 16.9. The van der Waals surface area contributed by atoms with Gasteiger partial charge in [0.2, 0.25) is 10.0 Å². The van der Waals surface area contributed by atoms with Gasteiger partial charge in [-0.3, -0.25) is 4.79 Å². The van der Waals surface area contributed by atoms with Gasteiger partial charge in [-0.25, -0.2) is 17.9 Å². The number of H-pyrrole nitrogens is 1. The number of nitrogens with one attached hydrogen (secondary N) is 1. The van der Waals surface area contributed by atoms with Crippen molar-refractivity contribution in [3.05, 3.63) is 75.3 Å². The van der Waals surface area contributed by atoms with Crippen LogP contribution in [0.5, 0.6) is 0 Å². The van der Waals surface area contributed by atoms with Gasteiger partial charge in [0.15, 0.2) is 0 Å². The summed E-state index contributed by atoms with van der Waals surface area (Å²) in [5.74, 6) is -0.293. The van der Waals surface area contributed by atoms with E-state index < -0.39 is 10.0 Å². The summed E-state index contributed by atoms with van der Waals surface area (Å²) in [4.78, 5) is 14.6. The highest BCUT2D eigenvalue weighted by Gasteiger charge is 2.30. The topological polar surface area (TPSA) is 86.4 Å². The lowest BCUT2D eigenvalue weighted by atomic mass is 9.90. The fourth-order valence-electron chi connectivity index (χ4n) is 4.90. The molecule has 9 heteroatoms. The van der Waals surface area contributed by atoms with Crippen molar-refractivity contribution in [3.8, 4) is 11.3 Å². The van der Waals surface area contributed by atoms with Crippen molar-refractivity contribution in [3.63, 3.8) is 0 Å². The van der Waals surface area contributed by atoms with Gasteiger partial charge < -0.3 is 4.90 Å². The SMILES string of the molecule is Cc1ccc(-c2n[nH]c(=O)c3c2CCCC3)cc1S(=O)(=O)N1CCN(c2ccc(F)cc2)CC1. The molecular weight excluding hydrogens is 455 g/mol. The van der Waals surface area contributed by atoms with Crippen LogP contribution in [-0.4, -0.2) is 49.1 Å². The molecule has 34 heavy (non-hydrogen) atoms. The monoisotopic (exact) mass is 482 g/mol. The molecular formula is C25H27FN4O3S. The molecule has 1 saturated heterocycles. The predicted molar refractivity (Wildman–Crippen MR) is 129 cm³/mol. The van der Waals surface area contributed by atoms with E-state index >= 15 is 0 Å². The summed E-state index contributed by atoms with van der Waals surface area (Å²) in [5.41, 5.74) is 4.44. The molecule has 2 aliphatic rings. The first-order valence-corrected chi connectivity index (χ1v) is 13.0. The number of piperazine rings is 1. The number of anilines is 1. The first-order chi connectivity index (χ1) is 16.3. The molecule has 0 bridgehead atoms. The summed E-state index contributed by atoms with van der Waals surface area (Å²) in [6, 6.07) is 11.6. The van der Waals surface area contributed by atoms with Crippen molar-refractivity contribution >= 4 is 15.7 Å². The third-order valence-electron chi connectivity index (χ3n) is 6.81. The molecule has 2 heterocycles. The van der Waals surface area contributed by atoms with Gasteiger partial charge in [0, 0.05) is 43.0 Å². The number of nitrogens with zero attached hydrogens (tertiary/aromatic N) is 3. The van der Waals surface area contributed by atoms with Crippen LogP contribution >= 0.6 is 0 Å². The lowest BCUT2D eigenvalue weighted by molar-refractivity contribution is 0.384. The summed E-state index contributed by atoms with van der Waals surface area (Å²) in [6.45, 7) is 3.53. The van der Waals surface area contributed by atoms with Crippen LogP contribution in [0.1, 0.15) is 29.5 Å². The maximum atomic E-state index is 13.6. The molecule has 1 aliphatic carbocycles. The fraction of sp³-hybridized carbons (Fsp3) is 0.360. The van der Waals surface area contributed by atoms with E-state index in [9.17, 15) is 17.6 Å². The Hall–Kier alpha value is -3.04. The van der Waals surface area contributed by atoms with Crippen molar-refractivity contribution in [1.29, 1.82) is 0 Å². The van der Waals surface area contributed by atoms with E-state index in [-0.39, 0.29) is 16.3 Å². The summed E-state index contributed by atoms with van der Waals surface area (Å²) in [7, 11) is -3.72. The lowest BCUT2D eigenvalue weighted by Gasteiger charge is -2.35. The Bertz CT molecular complexity index is 1380. The molecule has 0 saturated carbocycles. The number of aryl methyl sites for hydroxylation is 1. The van der Waals surface area contributed by atoms with Crippen molar-refractivity contribution in [1.82, 2.24) is 14.5 Å². The Morgan fingerprint density at radius 2 is 1.62 bits per heavy atom. The maximum absolute atomic E-state index is 13.6. The first kappa shape index (κ1) is 22.7. The molecule has 0 atom stereocenters. The number of rotatable bonds is 4. The van der Waals surface area contributed by atoms with E-state index in [1.807, 2.05) is 6.07 Å². The highest BCUT2D eigenvalue weighted by Crippen LogP contribution is 2.31. The second-order valence-corrected chi connectivity index (χ2v) is 10.8. The van der Waals surface area contributed by atoms with Gasteiger partial charge in [-0.1, -0.05) is 12.1 Å². The van der Waals surface area contributed by atoms with Crippen LogP contribution in [0, 0.1) is 12.7 Å². The lowest BCUT2D eigenvalue weighted by Crippen LogP contribution is -2.48. The van der Waals surface area contributed by atoms with Gasteiger partial charge in [-0.05, 0) is 74.1 Å². The number of benzene rings is 2. The van der Waals surface area contributed by atoms with E-state index in [1.54, 1.807) is 31.2 Å². The molecule has 1 aromatic heterocycles. The molecule has 1 fully saturated rings. The van der Waals surface area contributed by atoms with Crippen LogP contribution in [-0.2, 0) is 22.9 Å². The van der Waals surface area contributed by atoms with E-state index in [2.05, 4.69) is 15.1 Å². The van der Waals surface area contributed by atoms with E-state index in [4.69, 9.17) is 0 Å².